The number of ether oxygens (including phenoxy) is 4. The lowest BCUT2D eigenvalue weighted by molar-refractivity contribution is 0.0220. The van der Waals surface area contributed by atoms with Gasteiger partial charge >= 0.3 is 0 Å². The Morgan fingerprint density at radius 3 is 1.04 bits per heavy atom. The Morgan fingerprint density at radius 2 is 0.720 bits per heavy atom. The quantitative estimate of drug-likeness (QED) is 0.174. The van der Waals surface area contributed by atoms with Crippen LogP contribution in [-0.4, -0.2) is 98.3 Å². The molecule has 4 heterocycles. The molecule has 0 saturated carbocycles. The summed E-state index contributed by atoms with van der Waals surface area (Å²) in [4.78, 5) is 0.226. The van der Waals surface area contributed by atoms with E-state index >= 15 is 0 Å². The molecule has 0 aromatic heterocycles. The SMILES string of the molecule is Cc1ccc(S(=O)(=O)O[C@H]2CO[C@@H]3C(I)CO[C@H]23)cc1.Cc1ccc(S(=O)(=O)O[C@H]2CO[C@H]3[C@@H]2OC[C@H]3OS(=O)(=O)c2ccc(C)cc2)cc1. The van der Waals surface area contributed by atoms with Crippen LogP contribution in [-0.2, 0) is 61.9 Å². The van der Waals surface area contributed by atoms with Gasteiger partial charge < -0.3 is 18.9 Å². The summed E-state index contributed by atoms with van der Waals surface area (Å²) in [5.41, 5.74) is 2.85. The van der Waals surface area contributed by atoms with E-state index in [-0.39, 0.29) is 50.6 Å². The topological polar surface area (TPSA) is 167 Å². The number of aryl methyl sites for hydroxylation is 3. The third-order valence-electron chi connectivity index (χ3n) is 8.59. The zero-order chi connectivity index (χ0) is 35.8. The second-order valence-electron chi connectivity index (χ2n) is 12.4. The average Bonchev–Trinajstić information content (AvgIpc) is 3.84. The highest BCUT2D eigenvalue weighted by Crippen LogP contribution is 2.35. The van der Waals surface area contributed by atoms with Gasteiger partial charge in [-0.1, -0.05) is 75.7 Å². The van der Waals surface area contributed by atoms with Gasteiger partial charge in [-0.05, 0) is 57.2 Å². The molecule has 17 heteroatoms. The van der Waals surface area contributed by atoms with E-state index in [4.69, 9.17) is 31.5 Å². The Kier molecular flexibility index (Phi) is 11.4. The van der Waals surface area contributed by atoms with Crippen LogP contribution < -0.4 is 0 Å². The Balaban J connectivity index is 0.000000187. The number of alkyl halides is 1. The molecule has 4 fully saturated rings. The van der Waals surface area contributed by atoms with Crippen LogP contribution in [0.3, 0.4) is 0 Å². The fourth-order valence-corrected chi connectivity index (χ4v) is 9.90. The predicted molar refractivity (Wildman–Crippen MR) is 186 cm³/mol. The van der Waals surface area contributed by atoms with Crippen molar-refractivity contribution in [2.45, 2.75) is 82.1 Å². The minimum Gasteiger partial charge on any atom is -0.371 e. The first-order valence-electron chi connectivity index (χ1n) is 15.7. The van der Waals surface area contributed by atoms with Gasteiger partial charge in [-0.3, -0.25) is 12.5 Å². The van der Waals surface area contributed by atoms with Crippen LogP contribution in [0, 0.1) is 20.8 Å². The minimum absolute atomic E-state index is 0.0318. The summed E-state index contributed by atoms with van der Waals surface area (Å²) >= 11 is 2.26. The van der Waals surface area contributed by atoms with Crippen molar-refractivity contribution in [3.63, 3.8) is 0 Å². The van der Waals surface area contributed by atoms with Gasteiger partial charge in [-0.15, -0.1) is 0 Å². The second-order valence-corrected chi connectivity index (χ2v) is 18.7. The molecule has 8 atom stereocenters. The van der Waals surface area contributed by atoms with Gasteiger partial charge in [-0.2, -0.15) is 25.3 Å². The highest BCUT2D eigenvalue weighted by molar-refractivity contribution is 14.1. The molecule has 0 amide bonds. The van der Waals surface area contributed by atoms with Crippen molar-refractivity contribution >= 4 is 52.9 Å². The maximum absolute atomic E-state index is 12.6. The first-order valence-corrected chi connectivity index (χ1v) is 21.2. The van der Waals surface area contributed by atoms with Gasteiger partial charge in [0, 0.05) is 0 Å². The molecule has 50 heavy (non-hydrogen) atoms. The normalized spacial score (nSPS) is 29.3. The summed E-state index contributed by atoms with van der Waals surface area (Å²) in [6, 6.07) is 19.2. The highest BCUT2D eigenvalue weighted by Gasteiger charge is 2.52. The molecule has 1 unspecified atom stereocenters. The van der Waals surface area contributed by atoms with E-state index in [1.807, 2.05) is 20.8 Å². The molecule has 13 nitrogen and oxygen atoms in total. The van der Waals surface area contributed by atoms with Crippen molar-refractivity contribution in [3.05, 3.63) is 89.5 Å². The van der Waals surface area contributed by atoms with Crippen LogP contribution in [0.5, 0.6) is 0 Å². The Labute approximate surface area is 306 Å². The van der Waals surface area contributed by atoms with Gasteiger partial charge in [-0.25, -0.2) is 0 Å². The molecule has 3 aromatic rings. The molecule has 0 radical (unpaired) electrons. The fraction of sp³-hybridized carbons (Fsp3) is 0.455. The number of hydrogen-bond acceptors (Lipinski definition) is 13. The van der Waals surface area contributed by atoms with E-state index < -0.39 is 60.9 Å². The molecule has 0 aliphatic carbocycles. The van der Waals surface area contributed by atoms with Crippen LogP contribution >= 0.6 is 22.6 Å². The van der Waals surface area contributed by atoms with Gasteiger partial charge in [0.05, 0.1) is 45.0 Å². The van der Waals surface area contributed by atoms with E-state index in [9.17, 15) is 25.3 Å². The summed E-state index contributed by atoms with van der Waals surface area (Å²) in [5, 5.41) is 0. The van der Waals surface area contributed by atoms with Crippen molar-refractivity contribution in [1.29, 1.82) is 0 Å². The summed E-state index contributed by atoms with van der Waals surface area (Å²) in [6.07, 6.45) is -4.21. The van der Waals surface area contributed by atoms with Crippen LogP contribution in [0.25, 0.3) is 0 Å². The maximum Gasteiger partial charge on any atom is 0.297 e. The predicted octanol–water partition coefficient (Wildman–Crippen LogP) is 3.62. The largest absolute Gasteiger partial charge is 0.371 e. The third-order valence-corrected chi connectivity index (χ3v) is 13.7. The van der Waals surface area contributed by atoms with Crippen molar-refractivity contribution in [2.75, 3.05) is 26.4 Å². The summed E-state index contributed by atoms with van der Waals surface area (Å²) in [5.74, 6) is 0. The highest BCUT2D eigenvalue weighted by atomic mass is 127. The van der Waals surface area contributed by atoms with E-state index in [0.29, 0.717) is 6.61 Å². The lowest BCUT2D eigenvalue weighted by Gasteiger charge is -2.17. The number of fused-ring (bicyclic) bond motifs is 2. The molecule has 7 rings (SSSR count). The molecule has 4 saturated heterocycles. The molecular weight excluding hydrogens is 827 g/mol. The Morgan fingerprint density at radius 1 is 0.460 bits per heavy atom. The van der Waals surface area contributed by atoms with Gasteiger partial charge in [0.2, 0.25) is 0 Å². The molecule has 3 aromatic carbocycles. The first kappa shape index (κ1) is 37.7. The van der Waals surface area contributed by atoms with E-state index in [1.165, 1.54) is 24.3 Å². The standard InChI is InChI=1S/C20H22O8S2.C13H15IO5S/c1-13-3-7-15(8-4-13)29(21,22)27-17-11-25-20-18(12-26-19(17)20)28-30(23,24)16-9-5-14(2)6-10-16;1-8-2-4-9(5-3-8)20(15,16)19-11-7-18-12-10(14)6-17-13(11)12/h3-10,17-20H,11-12H2,1-2H3;2-5,10-13H,6-7H2,1H3/t17-,18+,19-,20-;10?,11-,12+,13+/m10/s1. The van der Waals surface area contributed by atoms with Crippen molar-refractivity contribution in [2.24, 2.45) is 0 Å². The van der Waals surface area contributed by atoms with Crippen LogP contribution in [0.15, 0.2) is 87.5 Å². The molecule has 4 aliphatic rings. The van der Waals surface area contributed by atoms with Crippen molar-refractivity contribution in [3.8, 4) is 0 Å². The number of benzene rings is 3. The smallest absolute Gasteiger partial charge is 0.297 e. The summed E-state index contributed by atoms with van der Waals surface area (Å²) < 4.78 is 113. The molecule has 4 aliphatic heterocycles. The monoisotopic (exact) mass is 864 g/mol. The average molecular weight is 865 g/mol. The van der Waals surface area contributed by atoms with Crippen LogP contribution in [0.4, 0.5) is 0 Å². The lowest BCUT2D eigenvalue weighted by Crippen LogP contribution is -2.36. The summed E-state index contributed by atoms with van der Waals surface area (Å²) in [7, 11) is -11.8. The number of halogens is 1. The van der Waals surface area contributed by atoms with Crippen LogP contribution in [0.1, 0.15) is 16.7 Å². The fourth-order valence-electron chi connectivity index (χ4n) is 5.86. The van der Waals surface area contributed by atoms with Gasteiger partial charge in [0.25, 0.3) is 30.4 Å². The van der Waals surface area contributed by atoms with Crippen molar-refractivity contribution < 1.29 is 56.8 Å². The van der Waals surface area contributed by atoms with Gasteiger partial charge in [0.15, 0.2) is 0 Å². The van der Waals surface area contributed by atoms with Crippen LogP contribution in [0.2, 0.25) is 0 Å². The summed E-state index contributed by atoms with van der Waals surface area (Å²) in [6.45, 7) is 6.32. The number of hydrogen-bond donors (Lipinski definition) is 0. The van der Waals surface area contributed by atoms with Crippen molar-refractivity contribution in [1.82, 2.24) is 0 Å². The van der Waals surface area contributed by atoms with E-state index in [0.717, 1.165) is 16.7 Å². The first-order chi connectivity index (χ1) is 23.6. The van der Waals surface area contributed by atoms with E-state index in [1.54, 1.807) is 48.5 Å². The third kappa shape index (κ3) is 8.43. The maximum atomic E-state index is 12.6. The molecule has 272 valence electrons. The minimum atomic E-state index is -4.02. The Hall–Kier alpha value is -2.04. The zero-order valence-electron chi connectivity index (χ0n) is 27.3. The number of rotatable bonds is 9. The Bertz CT molecular complexity index is 1880. The lowest BCUT2D eigenvalue weighted by atomic mass is 10.1. The van der Waals surface area contributed by atoms with E-state index in [2.05, 4.69) is 22.6 Å². The second kappa shape index (κ2) is 15.1. The molecular formula is C33H37IO13S3. The molecule has 0 bridgehead atoms. The molecule has 0 N–H and O–H groups in total. The van der Waals surface area contributed by atoms with Gasteiger partial charge in [0.1, 0.15) is 42.7 Å². The zero-order valence-corrected chi connectivity index (χ0v) is 31.9. The molecule has 0 spiro atoms.